The Bertz CT molecular complexity index is 1750. The average molecular weight is 481 g/mol. The van der Waals surface area contributed by atoms with Crippen LogP contribution in [0, 0.1) is 0 Å². The van der Waals surface area contributed by atoms with Crippen molar-refractivity contribution in [1.29, 1.82) is 0 Å². The van der Waals surface area contributed by atoms with Crippen LogP contribution < -0.4 is 19.8 Å². The zero-order valence-electron chi connectivity index (χ0n) is 20.2. The van der Waals surface area contributed by atoms with Gasteiger partial charge in [-0.15, -0.1) is 0 Å². The van der Waals surface area contributed by atoms with E-state index >= 15 is 0 Å². The van der Waals surface area contributed by atoms with Crippen LogP contribution in [0.5, 0.6) is 17.2 Å². The predicted molar refractivity (Wildman–Crippen MR) is 139 cm³/mol. The molecule has 0 atom stereocenters. The first kappa shape index (κ1) is 22.0. The van der Waals surface area contributed by atoms with Crippen molar-refractivity contribution >= 4 is 27.5 Å². The second-order valence-corrected chi connectivity index (χ2v) is 8.75. The van der Waals surface area contributed by atoms with Crippen molar-refractivity contribution in [2.45, 2.75) is 13.0 Å². The van der Waals surface area contributed by atoms with Gasteiger partial charge in [-0.2, -0.15) is 0 Å². The summed E-state index contributed by atoms with van der Waals surface area (Å²) in [6, 6.07) is 16.8. The largest absolute Gasteiger partial charge is 0.497 e. The summed E-state index contributed by atoms with van der Waals surface area (Å²) in [5.74, 6) is 1.45. The molecule has 3 aromatic carbocycles. The van der Waals surface area contributed by atoms with Gasteiger partial charge in [0.2, 0.25) is 0 Å². The lowest BCUT2D eigenvalue weighted by Gasteiger charge is -2.17. The summed E-state index contributed by atoms with van der Waals surface area (Å²) in [7, 11) is 4.67. The molecule has 0 aliphatic heterocycles. The van der Waals surface area contributed by atoms with Crippen LogP contribution in [-0.2, 0) is 13.0 Å². The maximum atomic E-state index is 14.1. The van der Waals surface area contributed by atoms with Crippen LogP contribution in [0.3, 0.4) is 0 Å². The average Bonchev–Trinajstić information content (AvgIpc) is 3.46. The van der Waals surface area contributed by atoms with E-state index in [2.05, 4.69) is 4.98 Å². The number of aryl methyl sites for hydroxylation is 1. The number of methoxy groups -OCH3 is 3. The molecule has 6 rings (SSSR count). The molecule has 180 valence electrons. The molecule has 5 aromatic rings. The number of fused-ring (bicyclic) bond motifs is 6. The lowest BCUT2D eigenvalue weighted by atomic mass is 10.0. The topological polar surface area (TPSA) is 82.5 Å². The van der Waals surface area contributed by atoms with Gasteiger partial charge in [0.1, 0.15) is 5.75 Å². The monoisotopic (exact) mass is 480 g/mol. The molecule has 7 nitrogen and oxygen atoms in total. The van der Waals surface area contributed by atoms with Gasteiger partial charge in [-0.25, -0.2) is 0 Å². The molecule has 36 heavy (non-hydrogen) atoms. The van der Waals surface area contributed by atoms with E-state index in [0.29, 0.717) is 52.1 Å². The maximum absolute atomic E-state index is 14.1. The quantitative estimate of drug-likeness (QED) is 0.364. The highest BCUT2D eigenvalue weighted by Crippen LogP contribution is 2.43. The third-order valence-corrected chi connectivity index (χ3v) is 7.01. The fraction of sp³-hybridized carbons (Fsp3) is 0.172. The number of H-pyrrole nitrogens is 1. The number of pyridine rings is 1. The summed E-state index contributed by atoms with van der Waals surface area (Å²) in [6.45, 7) is 0.378. The third-order valence-electron chi connectivity index (χ3n) is 7.01. The Balaban J connectivity index is 1.59. The smallest absolute Gasteiger partial charge is 0.262 e. The van der Waals surface area contributed by atoms with Crippen LogP contribution in [0.1, 0.15) is 21.5 Å². The predicted octanol–water partition coefficient (Wildman–Crippen LogP) is 4.96. The van der Waals surface area contributed by atoms with Crippen LogP contribution in [0.2, 0.25) is 0 Å². The number of benzene rings is 3. The molecule has 2 heterocycles. The number of hydrogen-bond acceptors (Lipinski definition) is 5. The van der Waals surface area contributed by atoms with E-state index in [1.807, 2.05) is 48.7 Å². The molecule has 0 spiro atoms. The van der Waals surface area contributed by atoms with Gasteiger partial charge in [-0.05, 0) is 42.3 Å². The number of ketones is 1. The summed E-state index contributed by atoms with van der Waals surface area (Å²) >= 11 is 0. The Morgan fingerprint density at radius 2 is 1.67 bits per heavy atom. The molecule has 0 bridgehead atoms. The van der Waals surface area contributed by atoms with E-state index in [4.69, 9.17) is 14.2 Å². The van der Waals surface area contributed by atoms with E-state index in [-0.39, 0.29) is 11.3 Å². The highest BCUT2D eigenvalue weighted by Gasteiger charge is 2.33. The fourth-order valence-corrected chi connectivity index (χ4v) is 5.32. The maximum Gasteiger partial charge on any atom is 0.262 e. The lowest BCUT2D eigenvalue weighted by Crippen LogP contribution is -2.25. The molecular formula is C29H24N2O5. The summed E-state index contributed by atoms with van der Waals surface area (Å²) < 4.78 is 18.2. The molecule has 2 aromatic heterocycles. The first-order valence-corrected chi connectivity index (χ1v) is 11.7. The normalized spacial score (nSPS) is 12.1. The number of rotatable bonds is 6. The summed E-state index contributed by atoms with van der Waals surface area (Å²) in [5, 5.41) is 1.95. The van der Waals surface area contributed by atoms with Crippen LogP contribution in [0.4, 0.5) is 0 Å². The van der Waals surface area contributed by atoms with Crippen LogP contribution in [-0.4, -0.2) is 36.7 Å². The Morgan fingerprint density at radius 3 is 2.42 bits per heavy atom. The van der Waals surface area contributed by atoms with Crippen molar-refractivity contribution in [3.8, 4) is 28.5 Å². The number of ether oxygens (including phenoxy) is 3. The highest BCUT2D eigenvalue weighted by atomic mass is 16.5. The van der Waals surface area contributed by atoms with Gasteiger partial charge in [0.25, 0.3) is 5.56 Å². The Morgan fingerprint density at radius 1 is 0.861 bits per heavy atom. The van der Waals surface area contributed by atoms with Crippen molar-refractivity contribution in [3.63, 3.8) is 0 Å². The molecule has 0 saturated carbocycles. The molecule has 0 radical (unpaired) electrons. The SMILES string of the molecule is COc1ccc2[nH]cc(CCn3c4c(c5ccc(OC)c(OC)c5c3=O)C(=O)c3ccccc3-4)c2c1. The second kappa shape index (κ2) is 8.30. The van der Waals surface area contributed by atoms with Crippen LogP contribution in [0.25, 0.3) is 32.9 Å². The van der Waals surface area contributed by atoms with E-state index in [1.165, 1.54) is 14.2 Å². The van der Waals surface area contributed by atoms with Crippen molar-refractivity contribution in [2.75, 3.05) is 21.3 Å². The standard InChI is InChI=1S/C29H24N2O5/c1-34-17-8-10-22-21(14-17)16(15-30-22)12-13-31-26-18-6-4-5-7-19(18)27(32)24(26)20-9-11-23(35-2)28(36-3)25(20)29(31)33/h4-11,14-15,30H,12-13H2,1-3H3. The molecule has 1 aliphatic rings. The zero-order valence-corrected chi connectivity index (χ0v) is 20.2. The highest BCUT2D eigenvalue weighted by molar-refractivity contribution is 6.27. The van der Waals surface area contributed by atoms with Crippen LogP contribution >= 0.6 is 0 Å². The summed E-state index contributed by atoms with van der Waals surface area (Å²) in [5.41, 5.74) is 4.37. The molecule has 0 fully saturated rings. The minimum atomic E-state index is -0.221. The van der Waals surface area contributed by atoms with Gasteiger partial charge >= 0.3 is 0 Å². The van der Waals surface area contributed by atoms with Gasteiger partial charge in [-0.1, -0.05) is 24.3 Å². The molecule has 7 heteroatoms. The Labute approximate surface area is 206 Å². The van der Waals surface area contributed by atoms with Gasteiger partial charge in [-0.3, -0.25) is 9.59 Å². The number of hydrogen-bond donors (Lipinski definition) is 1. The van der Waals surface area contributed by atoms with E-state index in [9.17, 15) is 9.59 Å². The molecule has 0 saturated heterocycles. The lowest BCUT2D eigenvalue weighted by molar-refractivity contribution is 0.104. The van der Waals surface area contributed by atoms with E-state index < -0.39 is 0 Å². The molecule has 1 aliphatic carbocycles. The number of aromatic nitrogens is 2. The molecule has 1 N–H and O–H groups in total. The number of carbonyl (C=O) groups excluding carboxylic acids is 1. The van der Waals surface area contributed by atoms with E-state index in [1.54, 1.807) is 23.8 Å². The zero-order chi connectivity index (χ0) is 25.0. The van der Waals surface area contributed by atoms with Gasteiger partial charge < -0.3 is 23.8 Å². The number of nitrogens with one attached hydrogen (secondary N) is 1. The second-order valence-electron chi connectivity index (χ2n) is 8.75. The molecule has 0 unspecified atom stereocenters. The Hall–Kier alpha value is -4.52. The van der Waals surface area contributed by atoms with Crippen molar-refractivity contribution in [2.24, 2.45) is 0 Å². The van der Waals surface area contributed by atoms with Crippen LogP contribution in [0.15, 0.2) is 65.6 Å². The molecular weight excluding hydrogens is 456 g/mol. The minimum Gasteiger partial charge on any atom is -0.497 e. The van der Waals surface area contributed by atoms with Crippen molar-refractivity contribution in [3.05, 3.63) is 87.8 Å². The fourth-order valence-electron chi connectivity index (χ4n) is 5.32. The summed E-state index contributed by atoms with van der Waals surface area (Å²) in [6.07, 6.45) is 2.53. The first-order valence-electron chi connectivity index (χ1n) is 11.7. The summed E-state index contributed by atoms with van der Waals surface area (Å²) in [4.78, 5) is 31.0. The van der Waals surface area contributed by atoms with Gasteiger partial charge in [0, 0.05) is 40.2 Å². The van der Waals surface area contributed by atoms with Gasteiger partial charge in [0.05, 0.1) is 38.0 Å². The number of aromatic amines is 1. The van der Waals surface area contributed by atoms with Crippen molar-refractivity contribution < 1.29 is 19.0 Å². The number of carbonyl (C=O) groups is 1. The van der Waals surface area contributed by atoms with Crippen molar-refractivity contribution in [1.82, 2.24) is 9.55 Å². The third kappa shape index (κ3) is 3.05. The Kier molecular flexibility index (Phi) is 5.07. The first-order chi connectivity index (χ1) is 17.6. The molecule has 0 amide bonds. The minimum absolute atomic E-state index is 0.0941. The number of nitrogens with zero attached hydrogens (tertiary/aromatic N) is 1. The van der Waals surface area contributed by atoms with Gasteiger partial charge in [0.15, 0.2) is 17.3 Å². The van der Waals surface area contributed by atoms with E-state index in [0.717, 1.165) is 27.8 Å².